The van der Waals surface area contributed by atoms with Gasteiger partial charge in [0, 0.05) is 21.9 Å². The molecule has 17 heavy (non-hydrogen) atoms. The Morgan fingerprint density at radius 2 is 2.18 bits per heavy atom. The molecule has 3 N–H and O–H groups in total. The molecule has 1 atom stereocenters. The molecular weight excluding hydrogens is 262 g/mol. The molecule has 0 fully saturated rings. The van der Waals surface area contributed by atoms with E-state index in [4.69, 9.17) is 10.8 Å². The van der Waals surface area contributed by atoms with Crippen LogP contribution in [0.1, 0.15) is 5.56 Å². The summed E-state index contributed by atoms with van der Waals surface area (Å²) in [6.07, 6.45) is 1.29. The fraction of sp³-hybridized carbons (Fsp3) is 0.300. The van der Waals surface area contributed by atoms with Crippen molar-refractivity contribution in [2.75, 3.05) is 6.26 Å². The minimum absolute atomic E-state index is 0.174. The van der Waals surface area contributed by atoms with E-state index < -0.39 is 20.9 Å². The zero-order valence-corrected chi connectivity index (χ0v) is 10.8. The zero-order valence-electron chi connectivity index (χ0n) is 9.16. The SMILES string of the molecule is CS(=O)(=O)Sc1cccc(C[C@H](N)C(=O)O)c1. The lowest BCUT2D eigenvalue weighted by molar-refractivity contribution is -0.138. The highest BCUT2D eigenvalue weighted by Gasteiger charge is 2.13. The summed E-state index contributed by atoms with van der Waals surface area (Å²) in [5, 5.41) is 8.67. The van der Waals surface area contributed by atoms with Gasteiger partial charge in [0.1, 0.15) is 6.04 Å². The van der Waals surface area contributed by atoms with Crippen LogP contribution in [0.25, 0.3) is 0 Å². The molecule has 0 amide bonds. The largest absolute Gasteiger partial charge is 0.480 e. The van der Waals surface area contributed by atoms with Crippen LogP contribution in [0.15, 0.2) is 29.2 Å². The average molecular weight is 275 g/mol. The number of carboxylic acid groups (broad SMARTS) is 1. The fourth-order valence-electron chi connectivity index (χ4n) is 1.24. The first-order chi connectivity index (χ1) is 7.78. The van der Waals surface area contributed by atoms with Crippen LogP contribution in [0, 0.1) is 0 Å². The van der Waals surface area contributed by atoms with Crippen molar-refractivity contribution in [3.63, 3.8) is 0 Å². The molecular formula is C10H13NO4S2. The lowest BCUT2D eigenvalue weighted by atomic mass is 10.1. The third-order valence-corrected chi connectivity index (χ3v) is 4.15. The summed E-state index contributed by atoms with van der Waals surface area (Å²) in [5.41, 5.74) is 6.10. The molecule has 0 aliphatic rings. The van der Waals surface area contributed by atoms with Gasteiger partial charge in [0.25, 0.3) is 0 Å². The normalized spacial score (nSPS) is 13.3. The van der Waals surface area contributed by atoms with Gasteiger partial charge in [-0.1, -0.05) is 12.1 Å². The molecule has 1 aromatic carbocycles. The van der Waals surface area contributed by atoms with Crippen LogP contribution in [-0.4, -0.2) is 31.8 Å². The van der Waals surface area contributed by atoms with Gasteiger partial charge in [-0.2, -0.15) is 0 Å². The second-order valence-corrected chi connectivity index (χ2v) is 7.95. The molecule has 7 heteroatoms. The number of nitrogens with two attached hydrogens (primary N) is 1. The molecule has 0 aliphatic heterocycles. The molecule has 5 nitrogen and oxygen atoms in total. The first-order valence-corrected chi connectivity index (χ1v) is 7.97. The maximum atomic E-state index is 11.1. The summed E-state index contributed by atoms with van der Waals surface area (Å²) in [6.45, 7) is 0. The summed E-state index contributed by atoms with van der Waals surface area (Å²) >= 11 is 0. The number of hydrogen-bond acceptors (Lipinski definition) is 5. The summed E-state index contributed by atoms with van der Waals surface area (Å²) in [4.78, 5) is 11.1. The predicted molar refractivity (Wildman–Crippen MR) is 66.5 cm³/mol. The minimum atomic E-state index is -3.17. The monoisotopic (exact) mass is 275 g/mol. The molecule has 0 bridgehead atoms. The van der Waals surface area contributed by atoms with E-state index in [9.17, 15) is 13.2 Å². The van der Waals surface area contributed by atoms with E-state index in [1.165, 1.54) is 0 Å². The van der Waals surface area contributed by atoms with Crippen molar-refractivity contribution in [1.82, 2.24) is 0 Å². The molecule has 0 aromatic heterocycles. The quantitative estimate of drug-likeness (QED) is 0.767. The first-order valence-electron chi connectivity index (χ1n) is 4.75. The number of carboxylic acids is 1. The van der Waals surface area contributed by atoms with Gasteiger partial charge in [-0.15, -0.1) is 0 Å². The van der Waals surface area contributed by atoms with Crippen LogP contribution in [0.2, 0.25) is 0 Å². The van der Waals surface area contributed by atoms with Crippen LogP contribution in [0.5, 0.6) is 0 Å². The van der Waals surface area contributed by atoms with E-state index in [0.29, 0.717) is 10.5 Å². The van der Waals surface area contributed by atoms with Gasteiger partial charge in [-0.3, -0.25) is 4.79 Å². The second-order valence-electron chi connectivity index (χ2n) is 3.58. The molecule has 0 spiro atoms. The van der Waals surface area contributed by atoms with Gasteiger partial charge in [-0.25, -0.2) is 8.42 Å². The Labute approximate surface area is 103 Å². The van der Waals surface area contributed by atoms with Crippen LogP contribution in [-0.2, 0) is 20.1 Å². The van der Waals surface area contributed by atoms with E-state index in [0.717, 1.165) is 17.0 Å². The third-order valence-electron chi connectivity index (χ3n) is 1.92. The van der Waals surface area contributed by atoms with E-state index in [2.05, 4.69) is 0 Å². The third kappa shape index (κ3) is 5.20. The van der Waals surface area contributed by atoms with Gasteiger partial charge in [0.2, 0.25) is 8.87 Å². The van der Waals surface area contributed by atoms with Gasteiger partial charge in [-0.05, 0) is 24.1 Å². The number of carbonyl (C=O) groups is 1. The number of benzene rings is 1. The molecule has 0 heterocycles. The maximum Gasteiger partial charge on any atom is 0.320 e. The van der Waals surface area contributed by atoms with E-state index in [1.807, 2.05) is 0 Å². The lowest BCUT2D eigenvalue weighted by Crippen LogP contribution is -2.32. The molecule has 0 unspecified atom stereocenters. The highest BCUT2D eigenvalue weighted by molar-refractivity contribution is 8.71. The van der Waals surface area contributed by atoms with Crippen LogP contribution >= 0.6 is 10.8 Å². The lowest BCUT2D eigenvalue weighted by Gasteiger charge is -2.07. The molecule has 0 saturated heterocycles. The summed E-state index contributed by atoms with van der Waals surface area (Å²) in [6, 6.07) is 5.70. The van der Waals surface area contributed by atoms with Crippen molar-refractivity contribution in [3.05, 3.63) is 29.8 Å². The zero-order chi connectivity index (χ0) is 13.1. The van der Waals surface area contributed by atoms with Gasteiger partial charge in [0.15, 0.2) is 0 Å². The van der Waals surface area contributed by atoms with Crippen LogP contribution in [0.4, 0.5) is 0 Å². The van der Waals surface area contributed by atoms with Crippen molar-refractivity contribution in [3.8, 4) is 0 Å². The van der Waals surface area contributed by atoms with Crippen LogP contribution < -0.4 is 5.73 Å². The predicted octanol–water partition coefficient (Wildman–Crippen LogP) is 0.693. The average Bonchev–Trinajstić information content (AvgIpc) is 2.15. The Morgan fingerprint density at radius 1 is 1.53 bits per heavy atom. The van der Waals surface area contributed by atoms with Crippen molar-refractivity contribution in [2.24, 2.45) is 5.73 Å². The second kappa shape index (κ2) is 5.52. The first kappa shape index (κ1) is 14.0. The highest BCUT2D eigenvalue weighted by Crippen LogP contribution is 2.24. The molecule has 1 rings (SSSR count). The Hall–Kier alpha value is -1.05. The van der Waals surface area contributed by atoms with Crippen molar-refractivity contribution >= 4 is 25.6 Å². The van der Waals surface area contributed by atoms with Gasteiger partial charge >= 0.3 is 5.97 Å². The van der Waals surface area contributed by atoms with Gasteiger partial charge in [0.05, 0.1) is 0 Å². The number of hydrogen-bond donors (Lipinski definition) is 2. The Balaban J connectivity index is 2.83. The Kier molecular flexibility index (Phi) is 4.55. The topological polar surface area (TPSA) is 97.5 Å². The summed E-state index contributed by atoms with van der Waals surface area (Å²) in [7, 11) is -2.44. The number of aliphatic carboxylic acids is 1. The number of rotatable bonds is 5. The molecule has 1 aromatic rings. The van der Waals surface area contributed by atoms with Gasteiger partial charge < -0.3 is 10.8 Å². The molecule has 94 valence electrons. The van der Waals surface area contributed by atoms with Crippen LogP contribution in [0.3, 0.4) is 0 Å². The minimum Gasteiger partial charge on any atom is -0.480 e. The van der Waals surface area contributed by atoms with E-state index in [-0.39, 0.29) is 6.42 Å². The maximum absolute atomic E-state index is 11.1. The molecule has 0 aliphatic carbocycles. The van der Waals surface area contributed by atoms with Crippen molar-refractivity contribution in [2.45, 2.75) is 17.4 Å². The Bertz CT molecular complexity index is 513. The van der Waals surface area contributed by atoms with Crippen molar-refractivity contribution < 1.29 is 18.3 Å². The molecule has 0 saturated carbocycles. The fourth-order valence-corrected chi connectivity index (χ4v) is 3.28. The molecule has 0 radical (unpaired) electrons. The summed E-state index contributed by atoms with van der Waals surface area (Å²) < 4.78 is 22.2. The smallest absolute Gasteiger partial charge is 0.320 e. The summed E-state index contributed by atoms with van der Waals surface area (Å²) in [5.74, 6) is -1.08. The van der Waals surface area contributed by atoms with E-state index in [1.54, 1.807) is 24.3 Å². The standard InChI is InChI=1S/C10H13NO4S2/c1-17(14,15)16-8-4-2-3-7(5-8)6-9(11)10(12)13/h2-5,9H,6,11H2,1H3,(H,12,13)/t9-/m0/s1. The highest BCUT2D eigenvalue weighted by atomic mass is 33.1. The Morgan fingerprint density at radius 3 is 2.71 bits per heavy atom. The van der Waals surface area contributed by atoms with Crippen molar-refractivity contribution in [1.29, 1.82) is 0 Å². The van der Waals surface area contributed by atoms with E-state index >= 15 is 0 Å².